The predicted octanol–water partition coefficient (Wildman–Crippen LogP) is 2.30. The summed E-state index contributed by atoms with van der Waals surface area (Å²) in [6.45, 7) is 0. The monoisotopic (exact) mass is 270 g/mol. The SMILES string of the molecule is COc1cccc(F)c1C(O)c1c(Cl)cnn1C. The van der Waals surface area contributed by atoms with Crippen molar-refractivity contribution >= 4 is 11.6 Å². The summed E-state index contributed by atoms with van der Waals surface area (Å²) >= 11 is 5.93. The zero-order valence-corrected chi connectivity index (χ0v) is 10.6. The Kier molecular flexibility index (Phi) is 3.54. The molecule has 0 fully saturated rings. The van der Waals surface area contributed by atoms with E-state index < -0.39 is 11.9 Å². The van der Waals surface area contributed by atoms with Gasteiger partial charge in [-0.05, 0) is 12.1 Å². The predicted molar refractivity (Wildman–Crippen MR) is 65.2 cm³/mol. The molecule has 0 aliphatic heterocycles. The number of rotatable bonds is 3. The molecule has 6 heteroatoms. The minimum atomic E-state index is -1.24. The molecule has 0 saturated heterocycles. The van der Waals surface area contributed by atoms with Gasteiger partial charge in [-0.2, -0.15) is 5.10 Å². The summed E-state index contributed by atoms with van der Waals surface area (Å²) in [6.07, 6.45) is 0.161. The highest BCUT2D eigenvalue weighted by Gasteiger charge is 2.24. The van der Waals surface area contributed by atoms with Gasteiger partial charge in [-0.3, -0.25) is 4.68 Å². The van der Waals surface area contributed by atoms with Gasteiger partial charge in [0.2, 0.25) is 0 Å². The Balaban J connectivity index is 2.56. The molecule has 2 rings (SSSR count). The van der Waals surface area contributed by atoms with Crippen LogP contribution in [-0.4, -0.2) is 22.0 Å². The smallest absolute Gasteiger partial charge is 0.133 e. The molecule has 2 aromatic rings. The number of aromatic nitrogens is 2. The summed E-state index contributed by atoms with van der Waals surface area (Å²) in [5, 5.41) is 14.5. The van der Waals surface area contributed by atoms with Gasteiger partial charge in [0.1, 0.15) is 17.7 Å². The van der Waals surface area contributed by atoms with E-state index in [9.17, 15) is 9.50 Å². The minimum Gasteiger partial charge on any atom is -0.496 e. The first kappa shape index (κ1) is 12.9. The number of aliphatic hydroxyl groups is 1. The largest absolute Gasteiger partial charge is 0.496 e. The third kappa shape index (κ3) is 2.07. The maximum atomic E-state index is 13.8. The number of halogens is 2. The van der Waals surface area contributed by atoms with Gasteiger partial charge >= 0.3 is 0 Å². The van der Waals surface area contributed by atoms with Gasteiger partial charge in [-0.15, -0.1) is 0 Å². The standard InChI is InChI=1S/C12H12ClFN2O2/c1-16-11(7(13)6-15-16)12(17)10-8(14)4-3-5-9(10)18-2/h3-6,12,17H,1-2H3. The number of aliphatic hydroxyl groups excluding tert-OH is 1. The quantitative estimate of drug-likeness (QED) is 0.931. The molecule has 1 N–H and O–H groups in total. The summed E-state index contributed by atoms with van der Waals surface area (Å²) in [6, 6.07) is 4.34. The molecule has 0 amide bonds. The first-order valence-corrected chi connectivity index (χ1v) is 5.62. The van der Waals surface area contributed by atoms with Gasteiger partial charge < -0.3 is 9.84 Å². The molecular weight excluding hydrogens is 259 g/mol. The molecule has 1 unspecified atom stereocenters. The lowest BCUT2D eigenvalue weighted by molar-refractivity contribution is 0.199. The zero-order valence-electron chi connectivity index (χ0n) is 9.89. The third-order valence-corrected chi connectivity index (χ3v) is 2.99. The van der Waals surface area contributed by atoms with Gasteiger partial charge in [-0.1, -0.05) is 17.7 Å². The molecule has 1 aromatic carbocycles. The molecular formula is C12H12ClFN2O2. The van der Waals surface area contributed by atoms with E-state index in [-0.39, 0.29) is 16.3 Å². The van der Waals surface area contributed by atoms with E-state index in [4.69, 9.17) is 16.3 Å². The number of methoxy groups -OCH3 is 1. The van der Waals surface area contributed by atoms with Crippen LogP contribution in [0.2, 0.25) is 5.02 Å². The molecule has 0 spiro atoms. The van der Waals surface area contributed by atoms with E-state index in [1.807, 2.05) is 0 Å². The van der Waals surface area contributed by atoms with E-state index in [0.29, 0.717) is 5.69 Å². The van der Waals surface area contributed by atoms with Crippen molar-refractivity contribution in [3.63, 3.8) is 0 Å². The lowest BCUT2D eigenvalue weighted by atomic mass is 10.0. The minimum absolute atomic E-state index is 0.0468. The molecule has 1 aromatic heterocycles. The van der Waals surface area contributed by atoms with E-state index in [1.165, 1.54) is 30.1 Å². The first-order valence-electron chi connectivity index (χ1n) is 5.24. The second-order valence-electron chi connectivity index (χ2n) is 3.76. The fourth-order valence-corrected chi connectivity index (χ4v) is 2.09. The molecule has 4 nitrogen and oxygen atoms in total. The fraction of sp³-hybridized carbons (Fsp3) is 0.250. The van der Waals surface area contributed by atoms with Gasteiger partial charge in [0.25, 0.3) is 0 Å². The van der Waals surface area contributed by atoms with E-state index in [0.717, 1.165) is 0 Å². The van der Waals surface area contributed by atoms with Crippen LogP contribution in [0.4, 0.5) is 4.39 Å². The van der Waals surface area contributed by atoms with Crippen LogP contribution in [0.25, 0.3) is 0 Å². The highest BCUT2D eigenvalue weighted by molar-refractivity contribution is 6.31. The molecule has 0 radical (unpaired) electrons. The van der Waals surface area contributed by atoms with Crippen LogP contribution < -0.4 is 4.74 Å². The van der Waals surface area contributed by atoms with Crippen molar-refractivity contribution in [2.24, 2.45) is 7.05 Å². The fourth-order valence-electron chi connectivity index (χ4n) is 1.83. The van der Waals surface area contributed by atoms with Crippen molar-refractivity contribution in [2.45, 2.75) is 6.10 Å². The van der Waals surface area contributed by atoms with Crippen molar-refractivity contribution < 1.29 is 14.2 Å². The number of ether oxygens (including phenoxy) is 1. The second-order valence-corrected chi connectivity index (χ2v) is 4.17. The average molecular weight is 271 g/mol. The maximum Gasteiger partial charge on any atom is 0.133 e. The number of hydrogen-bond acceptors (Lipinski definition) is 3. The van der Waals surface area contributed by atoms with Crippen LogP contribution in [0.1, 0.15) is 17.4 Å². The Bertz CT molecular complexity index is 552. The summed E-state index contributed by atoms with van der Waals surface area (Å²) in [4.78, 5) is 0. The summed E-state index contributed by atoms with van der Waals surface area (Å²) in [5.74, 6) is -0.293. The van der Waals surface area contributed by atoms with Gasteiger partial charge in [0.15, 0.2) is 0 Å². The molecule has 0 bridgehead atoms. The van der Waals surface area contributed by atoms with Gasteiger partial charge in [0, 0.05) is 7.05 Å². The zero-order chi connectivity index (χ0) is 13.3. The number of benzene rings is 1. The van der Waals surface area contributed by atoms with Crippen LogP contribution >= 0.6 is 11.6 Å². The van der Waals surface area contributed by atoms with Crippen molar-refractivity contribution in [2.75, 3.05) is 7.11 Å². The van der Waals surface area contributed by atoms with Crippen LogP contribution in [0, 0.1) is 5.82 Å². The van der Waals surface area contributed by atoms with Crippen LogP contribution in [-0.2, 0) is 7.05 Å². The van der Waals surface area contributed by atoms with Crippen LogP contribution in [0.5, 0.6) is 5.75 Å². The van der Waals surface area contributed by atoms with E-state index in [2.05, 4.69) is 5.10 Å². The highest BCUT2D eigenvalue weighted by Crippen LogP contribution is 2.34. The van der Waals surface area contributed by atoms with Gasteiger partial charge in [-0.25, -0.2) is 4.39 Å². The van der Waals surface area contributed by atoms with Crippen LogP contribution in [0.3, 0.4) is 0 Å². The summed E-state index contributed by atoms with van der Waals surface area (Å²) in [5.41, 5.74) is 0.366. The van der Waals surface area contributed by atoms with E-state index in [1.54, 1.807) is 13.1 Å². The molecule has 18 heavy (non-hydrogen) atoms. The number of nitrogens with zero attached hydrogens (tertiary/aromatic N) is 2. The molecule has 1 atom stereocenters. The topological polar surface area (TPSA) is 47.3 Å². The lowest BCUT2D eigenvalue weighted by Gasteiger charge is -2.16. The molecule has 0 aliphatic carbocycles. The second kappa shape index (κ2) is 4.96. The number of aryl methyl sites for hydroxylation is 1. The Morgan fingerprint density at radius 1 is 1.50 bits per heavy atom. The van der Waals surface area contributed by atoms with Crippen molar-refractivity contribution in [3.05, 3.63) is 46.5 Å². The molecule has 1 heterocycles. The number of hydrogen-bond donors (Lipinski definition) is 1. The van der Waals surface area contributed by atoms with Crippen LogP contribution in [0.15, 0.2) is 24.4 Å². The molecule has 0 saturated carbocycles. The third-order valence-electron chi connectivity index (χ3n) is 2.70. The highest BCUT2D eigenvalue weighted by atomic mass is 35.5. The maximum absolute atomic E-state index is 13.8. The Labute approximate surface area is 109 Å². The summed E-state index contributed by atoms with van der Waals surface area (Å²) < 4.78 is 20.3. The van der Waals surface area contributed by atoms with Gasteiger partial charge in [0.05, 0.1) is 29.6 Å². The Hall–Kier alpha value is -1.59. The van der Waals surface area contributed by atoms with E-state index >= 15 is 0 Å². The van der Waals surface area contributed by atoms with Crippen molar-refractivity contribution in [1.29, 1.82) is 0 Å². The summed E-state index contributed by atoms with van der Waals surface area (Å²) in [7, 11) is 3.04. The Morgan fingerprint density at radius 3 is 2.78 bits per heavy atom. The Morgan fingerprint density at radius 2 is 2.22 bits per heavy atom. The molecule has 96 valence electrons. The van der Waals surface area contributed by atoms with Crippen molar-refractivity contribution in [1.82, 2.24) is 9.78 Å². The molecule has 0 aliphatic rings. The average Bonchev–Trinajstić information content (AvgIpc) is 2.68. The lowest BCUT2D eigenvalue weighted by Crippen LogP contribution is -2.10. The van der Waals surface area contributed by atoms with Crippen molar-refractivity contribution in [3.8, 4) is 5.75 Å². The first-order chi connectivity index (χ1) is 8.56. The normalized spacial score (nSPS) is 12.5.